The predicted molar refractivity (Wildman–Crippen MR) is 101 cm³/mol. The van der Waals surface area contributed by atoms with Crippen LogP contribution in [0.5, 0.6) is 0 Å². The van der Waals surface area contributed by atoms with Crippen LogP contribution >= 0.6 is 11.3 Å². The van der Waals surface area contributed by atoms with Crippen molar-refractivity contribution in [3.05, 3.63) is 35.3 Å². The molecule has 0 aliphatic heterocycles. The van der Waals surface area contributed by atoms with E-state index in [1.165, 1.54) is 17.6 Å². The normalized spacial score (nSPS) is 16.0. The fourth-order valence-corrected chi connectivity index (χ4v) is 3.07. The Morgan fingerprint density at radius 2 is 2.12 bits per heavy atom. The lowest BCUT2D eigenvalue weighted by atomic mass is 10.1. The molecule has 1 aliphatic rings. The number of rotatable bonds is 8. The van der Waals surface area contributed by atoms with Crippen LogP contribution in [0.3, 0.4) is 0 Å². The van der Waals surface area contributed by atoms with Gasteiger partial charge in [0.1, 0.15) is 10.0 Å². The Hall–Kier alpha value is -2.65. The van der Waals surface area contributed by atoms with E-state index in [0.29, 0.717) is 11.6 Å². The van der Waals surface area contributed by atoms with Gasteiger partial charge in [0, 0.05) is 17.5 Å². The summed E-state index contributed by atoms with van der Waals surface area (Å²) < 4.78 is 0. The second kappa shape index (κ2) is 8.15. The van der Waals surface area contributed by atoms with Gasteiger partial charge >= 0.3 is 0 Å². The van der Waals surface area contributed by atoms with Crippen LogP contribution in [0.25, 0.3) is 10.6 Å². The minimum Gasteiger partial charge on any atom is -0.396 e. The summed E-state index contributed by atoms with van der Waals surface area (Å²) in [6, 6.07) is 9.72. The fourth-order valence-electron chi connectivity index (χ4n) is 2.29. The Morgan fingerprint density at radius 1 is 1.35 bits per heavy atom. The van der Waals surface area contributed by atoms with E-state index in [1.54, 1.807) is 0 Å². The van der Waals surface area contributed by atoms with Gasteiger partial charge in [-0.2, -0.15) is 5.10 Å². The molecule has 8 nitrogen and oxygen atoms in total. The molecule has 1 aromatic heterocycles. The lowest BCUT2D eigenvalue weighted by molar-refractivity contribution is -0.114. The van der Waals surface area contributed by atoms with Crippen molar-refractivity contribution in [2.24, 2.45) is 21.4 Å². The number of carbonyl (C=O) groups is 1. The first-order valence-electron chi connectivity index (χ1n) is 8.20. The first kappa shape index (κ1) is 18.2. The van der Waals surface area contributed by atoms with Crippen LogP contribution in [-0.2, 0) is 11.3 Å². The molecule has 26 heavy (non-hydrogen) atoms. The Balaban J connectivity index is 1.53. The van der Waals surface area contributed by atoms with E-state index in [4.69, 9.17) is 5.84 Å². The third-order valence-corrected chi connectivity index (χ3v) is 5.16. The predicted octanol–water partition coefficient (Wildman–Crippen LogP) is 0.979. The molecule has 1 fully saturated rings. The number of hydrogen-bond acceptors (Lipinski definition) is 8. The van der Waals surface area contributed by atoms with Crippen LogP contribution in [-0.4, -0.2) is 46.3 Å². The van der Waals surface area contributed by atoms with Gasteiger partial charge in [-0.15, -0.1) is 10.2 Å². The number of benzene rings is 1. The summed E-state index contributed by atoms with van der Waals surface area (Å²) >= 11 is 1.41. The molecule has 0 saturated heterocycles. The average Bonchev–Trinajstić information content (AvgIpc) is 3.31. The number of aliphatic imine (C=N–C) groups is 1. The summed E-state index contributed by atoms with van der Waals surface area (Å²) in [5, 5.41) is 25.1. The summed E-state index contributed by atoms with van der Waals surface area (Å²) in [6.07, 6.45) is 3.24. The van der Waals surface area contributed by atoms with Gasteiger partial charge in [-0.05, 0) is 12.8 Å². The van der Waals surface area contributed by atoms with E-state index in [1.807, 2.05) is 30.3 Å². The number of aliphatic hydroxyl groups is 1. The number of nitrogens with one attached hydrogen (secondary N) is 1. The molecule has 0 unspecified atom stereocenters. The van der Waals surface area contributed by atoms with E-state index in [-0.39, 0.29) is 24.3 Å². The monoisotopic (exact) mass is 372 g/mol. The molecule has 0 bridgehead atoms. The largest absolute Gasteiger partial charge is 0.396 e. The third-order valence-electron chi connectivity index (χ3n) is 4.19. The second-order valence-corrected chi connectivity index (χ2v) is 7.25. The highest BCUT2D eigenvalue weighted by Crippen LogP contribution is 2.45. The second-order valence-electron chi connectivity index (χ2n) is 6.19. The SMILES string of the molecule is N/N=C(\C=NCC1(CO)CC1)C(=O)NCc1nnc(-c2ccccc2)s1. The zero-order valence-corrected chi connectivity index (χ0v) is 14.9. The zero-order chi connectivity index (χ0) is 18.4. The lowest BCUT2D eigenvalue weighted by Gasteiger charge is -2.06. The van der Waals surface area contributed by atoms with Gasteiger partial charge < -0.3 is 16.3 Å². The Kier molecular flexibility index (Phi) is 5.69. The Bertz CT molecular complexity index is 814. The van der Waals surface area contributed by atoms with Gasteiger partial charge in [-0.3, -0.25) is 9.79 Å². The number of amides is 1. The first-order chi connectivity index (χ1) is 12.7. The fraction of sp³-hybridized carbons (Fsp3) is 0.353. The van der Waals surface area contributed by atoms with Crippen LogP contribution in [0.2, 0.25) is 0 Å². The molecule has 1 saturated carbocycles. The summed E-state index contributed by atoms with van der Waals surface area (Å²) in [5.74, 6) is 4.85. The van der Waals surface area contributed by atoms with Crippen LogP contribution < -0.4 is 11.2 Å². The summed E-state index contributed by atoms with van der Waals surface area (Å²) in [5.41, 5.74) is 0.899. The highest BCUT2D eigenvalue weighted by atomic mass is 32.1. The number of nitrogens with zero attached hydrogens (tertiary/aromatic N) is 4. The summed E-state index contributed by atoms with van der Waals surface area (Å²) in [7, 11) is 0. The van der Waals surface area contributed by atoms with Crippen molar-refractivity contribution in [3.8, 4) is 10.6 Å². The molecule has 9 heteroatoms. The van der Waals surface area contributed by atoms with Crippen molar-refractivity contribution in [1.29, 1.82) is 0 Å². The molecule has 4 N–H and O–H groups in total. The zero-order valence-electron chi connectivity index (χ0n) is 14.1. The molecule has 0 atom stereocenters. The van der Waals surface area contributed by atoms with Crippen LogP contribution in [0.4, 0.5) is 0 Å². The number of aromatic nitrogens is 2. The number of hydrogen-bond donors (Lipinski definition) is 3. The van der Waals surface area contributed by atoms with Crippen LogP contribution in [0.1, 0.15) is 17.8 Å². The smallest absolute Gasteiger partial charge is 0.273 e. The van der Waals surface area contributed by atoms with Gasteiger partial charge in [0.25, 0.3) is 5.91 Å². The maximum absolute atomic E-state index is 12.2. The Labute approximate surface area is 154 Å². The van der Waals surface area contributed by atoms with Crippen molar-refractivity contribution in [1.82, 2.24) is 15.5 Å². The number of carbonyl (C=O) groups excluding carboxylic acids is 1. The van der Waals surface area contributed by atoms with Crippen LogP contribution in [0.15, 0.2) is 40.4 Å². The molecule has 2 aromatic rings. The van der Waals surface area contributed by atoms with Crippen LogP contribution in [0, 0.1) is 5.41 Å². The van der Waals surface area contributed by atoms with Crippen molar-refractivity contribution >= 4 is 29.2 Å². The summed E-state index contributed by atoms with van der Waals surface area (Å²) in [6.45, 7) is 0.801. The molecule has 0 spiro atoms. The lowest BCUT2D eigenvalue weighted by Crippen LogP contribution is -2.32. The maximum Gasteiger partial charge on any atom is 0.273 e. The standard InChI is InChI=1S/C17H20N6O2S/c18-21-13(8-19-10-17(11-24)6-7-17)15(25)20-9-14-22-23-16(26-14)12-4-2-1-3-5-12/h1-5,8,24H,6-7,9-11,18H2,(H,20,25)/b19-8?,21-13+. The quantitative estimate of drug-likeness (QED) is 0.362. The van der Waals surface area contributed by atoms with Gasteiger partial charge in [0.05, 0.1) is 19.4 Å². The minimum absolute atomic E-state index is 0.0338. The molecule has 3 rings (SSSR count). The van der Waals surface area contributed by atoms with E-state index in [0.717, 1.165) is 23.4 Å². The van der Waals surface area contributed by atoms with Gasteiger partial charge in [-0.1, -0.05) is 41.7 Å². The van der Waals surface area contributed by atoms with E-state index < -0.39 is 5.91 Å². The molecular weight excluding hydrogens is 352 g/mol. The molecule has 1 aliphatic carbocycles. The van der Waals surface area contributed by atoms with Crippen molar-refractivity contribution in [2.75, 3.05) is 13.2 Å². The highest BCUT2D eigenvalue weighted by molar-refractivity contribution is 7.14. The number of nitrogens with two attached hydrogens (primary N) is 1. The topological polar surface area (TPSA) is 126 Å². The molecule has 136 valence electrons. The number of hydrazone groups is 1. The van der Waals surface area contributed by atoms with Crippen molar-refractivity contribution < 1.29 is 9.90 Å². The van der Waals surface area contributed by atoms with E-state index in [2.05, 4.69) is 25.6 Å². The average molecular weight is 372 g/mol. The van der Waals surface area contributed by atoms with Crippen molar-refractivity contribution in [3.63, 3.8) is 0 Å². The molecule has 0 radical (unpaired) electrons. The minimum atomic E-state index is -0.429. The number of aliphatic hydroxyl groups excluding tert-OH is 1. The first-order valence-corrected chi connectivity index (χ1v) is 9.02. The molecule has 1 heterocycles. The summed E-state index contributed by atoms with van der Waals surface area (Å²) in [4.78, 5) is 16.3. The maximum atomic E-state index is 12.2. The van der Waals surface area contributed by atoms with E-state index in [9.17, 15) is 9.90 Å². The third kappa shape index (κ3) is 4.50. The highest BCUT2D eigenvalue weighted by Gasteiger charge is 2.41. The molecule has 1 aromatic carbocycles. The van der Waals surface area contributed by atoms with Crippen molar-refractivity contribution in [2.45, 2.75) is 19.4 Å². The molecular formula is C17H20N6O2S. The van der Waals surface area contributed by atoms with Gasteiger partial charge in [-0.25, -0.2) is 0 Å². The van der Waals surface area contributed by atoms with E-state index >= 15 is 0 Å². The van der Waals surface area contributed by atoms with Gasteiger partial charge in [0.2, 0.25) is 0 Å². The Morgan fingerprint density at radius 3 is 2.77 bits per heavy atom. The van der Waals surface area contributed by atoms with Gasteiger partial charge in [0.15, 0.2) is 5.71 Å². The molecule has 1 amide bonds.